The maximum absolute atomic E-state index is 12.0. The third-order valence-electron chi connectivity index (χ3n) is 2.32. The molecule has 2 rings (SSSR count). The van der Waals surface area contributed by atoms with Crippen molar-refractivity contribution in [3.63, 3.8) is 0 Å². The lowest BCUT2D eigenvalue weighted by Gasteiger charge is -2.26. The van der Waals surface area contributed by atoms with Gasteiger partial charge < -0.3 is 10.2 Å². The van der Waals surface area contributed by atoms with Crippen molar-refractivity contribution < 1.29 is 9.59 Å². The van der Waals surface area contributed by atoms with Crippen molar-refractivity contribution in [2.45, 2.75) is 0 Å². The maximum atomic E-state index is 12.0. The molecule has 0 radical (unpaired) electrons. The van der Waals surface area contributed by atoms with Gasteiger partial charge in [-0.1, -0.05) is 11.6 Å². The van der Waals surface area contributed by atoms with Gasteiger partial charge >= 0.3 is 0 Å². The molecule has 84 valence electrons. The van der Waals surface area contributed by atoms with Gasteiger partial charge in [-0.05, 0) is 6.07 Å². The van der Waals surface area contributed by atoms with E-state index in [2.05, 4.69) is 10.3 Å². The monoisotopic (exact) mass is 239 g/mol. The summed E-state index contributed by atoms with van der Waals surface area (Å²) in [5.41, 5.74) is 0.332. The molecule has 0 unspecified atom stereocenters. The van der Waals surface area contributed by atoms with Crippen LogP contribution in [0.15, 0.2) is 18.5 Å². The van der Waals surface area contributed by atoms with Gasteiger partial charge in [0.05, 0.1) is 17.1 Å². The summed E-state index contributed by atoms with van der Waals surface area (Å²) >= 11 is 5.89. The number of amides is 2. The van der Waals surface area contributed by atoms with Gasteiger partial charge in [-0.25, -0.2) is 0 Å². The third kappa shape index (κ3) is 2.14. The molecule has 1 aliphatic heterocycles. The van der Waals surface area contributed by atoms with Gasteiger partial charge in [0.25, 0.3) is 5.91 Å². The van der Waals surface area contributed by atoms with Gasteiger partial charge in [0, 0.05) is 25.5 Å². The van der Waals surface area contributed by atoms with E-state index >= 15 is 0 Å². The molecule has 0 aliphatic carbocycles. The van der Waals surface area contributed by atoms with E-state index in [4.69, 9.17) is 11.6 Å². The van der Waals surface area contributed by atoms with Crippen LogP contribution < -0.4 is 5.32 Å². The zero-order valence-electron chi connectivity index (χ0n) is 8.44. The molecule has 0 spiro atoms. The second kappa shape index (κ2) is 4.49. The highest BCUT2D eigenvalue weighted by atomic mass is 35.5. The fourth-order valence-electron chi connectivity index (χ4n) is 1.52. The zero-order chi connectivity index (χ0) is 11.5. The predicted molar refractivity (Wildman–Crippen MR) is 58.2 cm³/mol. The highest BCUT2D eigenvalue weighted by molar-refractivity contribution is 6.33. The lowest BCUT2D eigenvalue weighted by atomic mass is 10.2. The van der Waals surface area contributed by atoms with Crippen molar-refractivity contribution in [2.75, 3.05) is 19.6 Å². The fraction of sp³-hybridized carbons (Fsp3) is 0.300. The number of aromatic nitrogens is 1. The molecule has 16 heavy (non-hydrogen) atoms. The summed E-state index contributed by atoms with van der Waals surface area (Å²) in [5, 5.41) is 3.00. The Balaban J connectivity index is 2.19. The van der Waals surface area contributed by atoms with Crippen molar-refractivity contribution in [1.29, 1.82) is 0 Å². The van der Waals surface area contributed by atoms with Gasteiger partial charge in [0.2, 0.25) is 5.91 Å². The summed E-state index contributed by atoms with van der Waals surface area (Å²) in [4.78, 5) is 28.4. The molecule has 1 fully saturated rings. The van der Waals surface area contributed by atoms with E-state index in [1.54, 1.807) is 6.07 Å². The van der Waals surface area contributed by atoms with Crippen molar-refractivity contribution in [2.24, 2.45) is 0 Å². The summed E-state index contributed by atoms with van der Waals surface area (Å²) in [6.45, 7) is 1.04. The van der Waals surface area contributed by atoms with Crippen LogP contribution in [0.25, 0.3) is 0 Å². The van der Waals surface area contributed by atoms with E-state index in [9.17, 15) is 9.59 Å². The van der Waals surface area contributed by atoms with Crippen LogP contribution >= 0.6 is 11.6 Å². The Kier molecular flexibility index (Phi) is 3.05. The van der Waals surface area contributed by atoms with E-state index in [1.165, 1.54) is 17.3 Å². The molecule has 1 saturated heterocycles. The SMILES string of the molecule is O=C1CN(C(=O)c2cnccc2Cl)CCN1. The molecule has 5 nitrogen and oxygen atoms in total. The summed E-state index contributed by atoms with van der Waals surface area (Å²) in [7, 11) is 0. The minimum absolute atomic E-state index is 0.0735. The molecule has 1 aromatic rings. The molecule has 0 atom stereocenters. The number of nitrogens with zero attached hydrogens (tertiary/aromatic N) is 2. The summed E-state index contributed by atoms with van der Waals surface area (Å²) in [6, 6.07) is 1.55. The van der Waals surface area contributed by atoms with E-state index in [0.717, 1.165) is 0 Å². The Morgan fingerprint density at radius 1 is 1.56 bits per heavy atom. The third-order valence-corrected chi connectivity index (χ3v) is 2.65. The highest BCUT2D eigenvalue weighted by Gasteiger charge is 2.23. The first kappa shape index (κ1) is 10.9. The van der Waals surface area contributed by atoms with Crippen LogP contribution in [0.1, 0.15) is 10.4 Å². The molecular weight excluding hydrogens is 230 g/mol. The quantitative estimate of drug-likeness (QED) is 0.767. The highest BCUT2D eigenvalue weighted by Crippen LogP contribution is 2.16. The van der Waals surface area contributed by atoms with E-state index in [0.29, 0.717) is 23.7 Å². The Morgan fingerprint density at radius 2 is 2.38 bits per heavy atom. The average Bonchev–Trinajstić information content (AvgIpc) is 2.29. The summed E-state index contributed by atoms with van der Waals surface area (Å²) in [5.74, 6) is -0.410. The Labute approximate surface area is 97.4 Å². The predicted octanol–water partition coefficient (Wildman–Crippen LogP) is 0.307. The number of hydrogen-bond donors (Lipinski definition) is 1. The maximum Gasteiger partial charge on any atom is 0.257 e. The Morgan fingerprint density at radius 3 is 3.06 bits per heavy atom. The molecule has 1 aliphatic rings. The summed E-state index contributed by atoms with van der Waals surface area (Å²) in [6.07, 6.45) is 2.93. The smallest absolute Gasteiger partial charge is 0.257 e. The van der Waals surface area contributed by atoms with Crippen molar-refractivity contribution in [3.8, 4) is 0 Å². The second-order valence-corrected chi connectivity index (χ2v) is 3.84. The molecule has 0 bridgehead atoms. The number of rotatable bonds is 1. The van der Waals surface area contributed by atoms with Crippen LogP contribution in [0.2, 0.25) is 5.02 Å². The molecule has 1 aromatic heterocycles. The molecule has 1 N–H and O–H groups in total. The van der Waals surface area contributed by atoms with Gasteiger partial charge in [0.1, 0.15) is 0 Å². The van der Waals surface area contributed by atoms with Crippen molar-refractivity contribution in [3.05, 3.63) is 29.0 Å². The number of nitrogens with one attached hydrogen (secondary N) is 1. The van der Waals surface area contributed by atoms with Gasteiger partial charge in [-0.15, -0.1) is 0 Å². The topological polar surface area (TPSA) is 62.3 Å². The standard InChI is InChI=1S/C10H10ClN3O2/c11-8-1-2-12-5-7(8)10(16)14-4-3-13-9(15)6-14/h1-2,5H,3-4,6H2,(H,13,15). The van der Waals surface area contributed by atoms with Crippen LogP contribution in [-0.4, -0.2) is 41.3 Å². The normalized spacial score (nSPS) is 15.8. The molecule has 0 aromatic carbocycles. The number of piperazine rings is 1. The van der Waals surface area contributed by atoms with Crippen LogP contribution in [0, 0.1) is 0 Å². The van der Waals surface area contributed by atoms with E-state index in [-0.39, 0.29) is 18.4 Å². The second-order valence-electron chi connectivity index (χ2n) is 3.43. The number of carbonyl (C=O) groups excluding carboxylic acids is 2. The first-order valence-electron chi connectivity index (χ1n) is 4.84. The van der Waals surface area contributed by atoms with Crippen LogP contribution in [-0.2, 0) is 4.79 Å². The fourth-order valence-corrected chi connectivity index (χ4v) is 1.70. The van der Waals surface area contributed by atoms with Gasteiger partial charge in [0.15, 0.2) is 0 Å². The van der Waals surface area contributed by atoms with Gasteiger partial charge in [-0.2, -0.15) is 0 Å². The van der Waals surface area contributed by atoms with Crippen molar-refractivity contribution in [1.82, 2.24) is 15.2 Å². The molecule has 2 heterocycles. The first-order valence-corrected chi connectivity index (χ1v) is 5.22. The number of carbonyl (C=O) groups is 2. The first-order chi connectivity index (χ1) is 7.68. The Bertz CT molecular complexity index is 436. The lowest BCUT2D eigenvalue weighted by molar-refractivity contribution is -0.123. The Hall–Kier alpha value is -1.62. The summed E-state index contributed by atoms with van der Waals surface area (Å²) < 4.78 is 0. The molecule has 6 heteroatoms. The minimum Gasteiger partial charge on any atom is -0.353 e. The molecule has 2 amide bonds. The van der Waals surface area contributed by atoms with Crippen LogP contribution in [0.5, 0.6) is 0 Å². The zero-order valence-corrected chi connectivity index (χ0v) is 9.20. The van der Waals surface area contributed by atoms with Gasteiger partial charge in [-0.3, -0.25) is 14.6 Å². The largest absolute Gasteiger partial charge is 0.353 e. The number of hydrogen-bond acceptors (Lipinski definition) is 3. The molecule has 0 saturated carbocycles. The minimum atomic E-state index is -0.257. The van der Waals surface area contributed by atoms with E-state index in [1.807, 2.05) is 0 Å². The molecular formula is C10H10ClN3O2. The number of pyridine rings is 1. The lowest BCUT2D eigenvalue weighted by Crippen LogP contribution is -2.50. The van der Waals surface area contributed by atoms with E-state index < -0.39 is 0 Å². The number of halogens is 1. The average molecular weight is 240 g/mol. The van der Waals surface area contributed by atoms with Crippen LogP contribution in [0.3, 0.4) is 0 Å². The van der Waals surface area contributed by atoms with Crippen LogP contribution in [0.4, 0.5) is 0 Å². The van der Waals surface area contributed by atoms with Crippen molar-refractivity contribution >= 4 is 23.4 Å².